The summed E-state index contributed by atoms with van der Waals surface area (Å²) in [4.78, 5) is 18.9. The first kappa shape index (κ1) is 20.5. The lowest BCUT2D eigenvalue weighted by Gasteiger charge is -2.27. The van der Waals surface area contributed by atoms with Crippen LogP contribution in [-0.2, 0) is 30.7 Å². The summed E-state index contributed by atoms with van der Waals surface area (Å²) in [5.74, 6) is 0.228. The van der Waals surface area contributed by atoms with Crippen molar-refractivity contribution < 1.29 is 4.79 Å². The van der Waals surface area contributed by atoms with E-state index < -0.39 is 0 Å². The fourth-order valence-electron chi connectivity index (χ4n) is 4.47. The normalized spacial score (nSPS) is 16.3. The zero-order valence-corrected chi connectivity index (χ0v) is 19.2. The third-order valence-electron chi connectivity index (χ3n) is 6.48. The van der Waals surface area contributed by atoms with Crippen LogP contribution < -0.4 is 0 Å². The Kier molecular flexibility index (Phi) is 5.67. The molecule has 1 amide bonds. The molecule has 2 aromatic heterocycles. The van der Waals surface area contributed by atoms with Crippen LogP contribution >= 0.6 is 11.3 Å². The number of carbonyl (C=O) groups is 1. The lowest BCUT2D eigenvalue weighted by Crippen LogP contribution is -2.35. The van der Waals surface area contributed by atoms with Crippen molar-refractivity contribution in [2.75, 3.05) is 13.1 Å². The van der Waals surface area contributed by atoms with E-state index in [-0.39, 0.29) is 5.91 Å². The number of benzene rings is 1. The molecule has 1 aliphatic carbocycles. The van der Waals surface area contributed by atoms with E-state index in [9.17, 15) is 4.79 Å². The molecule has 5 nitrogen and oxygen atoms in total. The predicted molar refractivity (Wildman–Crippen MR) is 125 cm³/mol. The van der Waals surface area contributed by atoms with Gasteiger partial charge in [-0.25, -0.2) is 4.68 Å². The van der Waals surface area contributed by atoms with E-state index in [0.717, 1.165) is 55.2 Å². The quantitative estimate of drug-likeness (QED) is 0.555. The Morgan fingerprint density at radius 3 is 2.71 bits per heavy atom. The van der Waals surface area contributed by atoms with Gasteiger partial charge < -0.3 is 4.90 Å². The summed E-state index contributed by atoms with van der Waals surface area (Å²) in [5, 5.41) is 7.13. The zero-order chi connectivity index (χ0) is 21.4. The lowest BCUT2D eigenvalue weighted by atomic mass is 10.0. The number of aromatic nitrogens is 2. The van der Waals surface area contributed by atoms with Crippen molar-refractivity contribution in [2.24, 2.45) is 0 Å². The molecule has 0 bridgehead atoms. The zero-order valence-electron chi connectivity index (χ0n) is 18.4. The number of nitrogens with zero attached hydrogens (tertiary/aromatic N) is 4. The standard InChI is InChI=1S/C25H30N4OS/c1-3-27-13-12-24-22(16-27)23(26-29(24)20-8-6-18(2)7-9-20)17-28(19-10-11-19)25(30)15-21-5-4-14-31-21/h4-9,14,19H,3,10-13,15-17H2,1-2H3. The van der Waals surface area contributed by atoms with Crippen LogP contribution in [0.1, 0.15) is 47.2 Å². The van der Waals surface area contributed by atoms with E-state index in [4.69, 9.17) is 5.10 Å². The minimum absolute atomic E-state index is 0.228. The second kappa shape index (κ2) is 8.60. The minimum Gasteiger partial charge on any atom is -0.333 e. The highest BCUT2D eigenvalue weighted by Crippen LogP contribution is 2.32. The number of thiophene rings is 1. The van der Waals surface area contributed by atoms with Gasteiger partial charge in [-0.1, -0.05) is 30.7 Å². The number of fused-ring (bicyclic) bond motifs is 1. The summed E-state index contributed by atoms with van der Waals surface area (Å²) in [6.07, 6.45) is 3.71. The van der Waals surface area contributed by atoms with Gasteiger partial charge in [0.15, 0.2) is 0 Å². The van der Waals surface area contributed by atoms with E-state index in [2.05, 4.69) is 58.7 Å². The van der Waals surface area contributed by atoms with Crippen molar-refractivity contribution in [3.8, 4) is 5.69 Å². The maximum Gasteiger partial charge on any atom is 0.228 e. The number of aryl methyl sites for hydroxylation is 1. The molecule has 0 spiro atoms. The highest BCUT2D eigenvalue weighted by molar-refractivity contribution is 7.10. The first-order valence-electron chi connectivity index (χ1n) is 11.3. The molecule has 1 fully saturated rings. The number of hydrogen-bond acceptors (Lipinski definition) is 4. The molecule has 0 radical (unpaired) electrons. The number of likely N-dealkylation sites (N-methyl/N-ethyl adjacent to an activating group) is 1. The van der Waals surface area contributed by atoms with Crippen molar-refractivity contribution in [1.82, 2.24) is 19.6 Å². The molecule has 3 heterocycles. The molecule has 31 heavy (non-hydrogen) atoms. The van der Waals surface area contributed by atoms with Crippen LogP contribution in [0.25, 0.3) is 5.69 Å². The number of hydrogen-bond donors (Lipinski definition) is 0. The van der Waals surface area contributed by atoms with Gasteiger partial charge in [-0.2, -0.15) is 5.10 Å². The first-order valence-corrected chi connectivity index (χ1v) is 12.2. The maximum atomic E-state index is 13.2. The molecule has 1 aliphatic heterocycles. The highest BCUT2D eigenvalue weighted by Gasteiger charge is 2.35. The Labute approximate surface area is 188 Å². The molecule has 6 heteroatoms. The monoisotopic (exact) mass is 434 g/mol. The van der Waals surface area contributed by atoms with E-state index in [0.29, 0.717) is 19.0 Å². The summed E-state index contributed by atoms with van der Waals surface area (Å²) >= 11 is 1.66. The second-order valence-electron chi connectivity index (χ2n) is 8.75. The van der Waals surface area contributed by atoms with Crippen LogP contribution in [0.4, 0.5) is 0 Å². The van der Waals surface area contributed by atoms with E-state index >= 15 is 0 Å². The van der Waals surface area contributed by atoms with E-state index in [1.165, 1.54) is 16.8 Å². The third-order valence-corrected chi connectivity index (χ3v) is 7.36. The van der Waals surface area contributed by atoms with Crippen molar-refractivity contribution >= 4 is 17.2 Å². The van der Waals surface area contributed by atoms with Crippen LogP contribution in [0.3, 0.4) is 0 Å². The van der Waals surface area contributed by atoms with Crippen LogP contribution in [0, 0.1) is 6.92 Å². The molecule has 2 aliphatic rings. The molecule has 0 N–H and O–H groups in total. The van der Waals surface area contributed by atoms with Crippen LogP contribution in [0.2, 0.25) is 0 Å². The van der Waals surface area contributed by atoms with Gasteiger partial charge in [0.05, 0.1) is 30.0 Å². The van der Waals surface area contributed by atoms with Gasteiger partial charge >= 0.3 is 0 Å². The molecule has 1 aromatic carbocycles. The van der Waals surface area contributed by atoms with Gasteiger partial charge in [0.25, 0.3) is 0 Å². The Morgan fingerprint density at radius 1 is 1.23 bits per heavy atom. The molecule has 162 valence electrons. The number of rotatable bonds is 7. The average molecular weight is 435 g/mol. The van der Waals surface area contributed by atoms with Crippen molar-refractivity contribution in [1.29, 1.82) is 0 Å². The highest BCUT2D eigenvalue weighted by atomic mass is 32.1. The Hall–Kier alpha value is -2.44. The number of carbonyl (C=O) groups excluding carboxylic acids is 1. The fraction of sp³-hybridized carbons (Fsp3) is 0.440. The minimum atomic E-state index is 0.228. The largest absolute Gasteiger partial charge is 0.333 e. The van der Waals surface area contributed by atoms with Gasteiger partial charge in [-0.3, -0.25) is 9.69 Å². The van der Waals surface area contributed by atoms with Gasteiger partial charge in [0, 0.05) is 36.0 Å². The fourth-order valence-corrected chi connectivity index (χ4v) is 5.17. The summed E-state index contributed by atoms with van der Waals surface area (Å²) < 4.78 is 2.13. The van der Waals surface area contributed by atoms with Gasteiger partial charge in [-0.05, 0) is 49.9 Å². The molecule has 0 saturated heterocycles. The average Bonchev–Trinajstić information content (AvgIpc) is 3.37. The molecule has 1 saturated carbocycles. The molecule has 3 aromatic rings. The topological polar surface area (TPSA) is 41.4 Å². The summed E-state index contributed by atoms with van der Waals surface area (Å²) in [6.45, 7) is 7.97. The molecule has 5 rings (SSSR count). The van der Waals surface area contributed by atoms with Crippen LogP contribution in [0.15, 0.2) is 41.8 Å². The second-order valence-corrected chi connectivity index (χ2v) is 9.78. The van der Waals surface area contributed by atoms with Crippen molar-refractivity contribution in [2.45, 2.75) is 58.7 Å². The molecular formula is C25H30N4OS. The molecule has 0 unspecified atom stereocenters. The predicted octanol–water partition coefficient (Wildman–Crippen LogP) is 4.35. The summed E-state index contributed by atoms with van der Waals surface area (Å²) in [7, 11) is 0. The SMILES string of the molecule is CCN1CCc2c(c(CN(C(=O)Cc3cccs3)C3CC3)nn2-c2ccc(C)cc2)C1. The van der Waals surface area contributed by atoms with Gasteiger partial charge in [0.2, 0.25) is 5.91 Å². The first-order chi connectivity index (χ1) is 15.1. The van der Waals surface area contributed by atoms with Gasteiger partial charge in [-0.15, -0.1) is 11.3 Å². The Balaban J connectivity index is 1.47. The Bertz CT molecular complexity index is 1050. The van der Waals surface area contributed by atoms with Crippen LogP contribution in [0.5, 0.6) is 0 Å². The number of amides is 1. The lowest BCUT2D eigenvalue weighted by molar-refractivity contribution is -0.131. The van der Waals surface area contributed by atoms with Gasteiger partial charge in [0.1, 0.15) is 0 Å². The van der Waals surface area contributed by atoms with E-state index in [1.807, 2.05) is 11.4 Å². The smallest absolute Gasteiger partial charge is 0.228 e. The van der Waals surface area contributed by atoms with Crippen LogP contribution in [-0.4, -0.2) is 44.6 Å². The molecular weight excluding hydrogens is 404 g/mol. The molecule has 0 atom stereocenters. The maximum absolute atomic E-state index is 13.2. The Morgan fingerprint density at radius 2 is 2.03 bits per heavy atom. The summed E-state index contributed by atoms with van der Waals surface area (Å²) in [5.41, 5.74) is 6.07. The van der Waals surface area contributed by atoms with E-state index in [1.54, 1.807) is 11.3 Å². The summed E-state index contributed by atoms with van der Waals surface area (Å²) in [6, 6.07) is 13.0. The third kappa shape index (κ3) is 4.32. The van der Waals surface area contributed by atoms with Crippen molar-refractivity contribution in [3.63, 3.8) is 0 Å². The van der Waals surface area contributed by atoms with Crippen molar-refractivity contribution in [3.05, 3.63) is 69.2 Å².